The van der Waals surface area contributed by atoms with Crippen LogP contribution in [0.15, 0.2) is 59.0 Å². The van der Waals surface area contributed by atoms with E-state index in [9.17, 15) is 0 Å². The molecule has 0 saturated heterocycles. The number of anilines is 1. The molecular weight excluding hydrogens is 340 g/mol. The van der Waals surface area contributed by atoms with Crippen LogP contribution in [0.25, 0.3) is 11.0 Å². The van der Waals surface area contributed by atoms with E-state index < -0.39 is 0 Å². The Morgan fingerprint density at radius 3 is 2.91 bits per heavy atom. The fourth-order valence-corrected chi connectivity index (χ4v) is 2.25. The molecule has 0 aliphatic carbocycles. The van der Waals surface area contributed by atoms with Gasteiger partial charge in [-0.1, -0.05) is 37.3 Å². The Hall–Kier alpha value is -2.01. The Morgan fingerprint density at radius 2 is 2.14 bits per heavy atom. The summed E-state index contributed by atoms with van der Waals surface area (Å²) in [6.07, 6.45) is 8.83. The number of halogens is 1. The summed E-state index contributed by atoms with van der Waals surface area (Å²) in [7, 11) is 0. The predicted octanol–water partition coefficient (Wildman–Crippen LogP) is 4.67. The molecule has 2 aromatic heterocycles. The van der Waals surface area contributed by atoms with E-state index in [0.717, 1.165) is 27.6 Å². The minimum atomic E-state index is 0.607. The van der Waals surface area contributed by atoms with E-state index in [-0.39, 0.29) is 0 Å². The van der Waals surface area contributed by atoms with E-state index in [4.69, 9.17) is 0 Å². The second-order valence-electron chi connectivity index (χ2n) is 4.93. The van der Waals surface area contributed by atoms with Crippen LogP contribution in [0.3, 0.4) is 0 Å². The van der Waals surface area contributed by atoms with Gasteiger partial charge in [0.15, 0.2) is 5.82 Å². The van der Waals surface area contributed by atoms with Crippen molar-refractivity contribution < 1.29 is 0 Å². The molecular formula is C17H19BrN4. The average molecular weight is 359 g/mol. The molecule has 2 aromatic rings. The smallest absolute Gasteiger partial charge is 0.156 e. The zero-order valence-corrected chi connectivity index (χ0v) is 14.4. The number of fused-ring (bicyclic) bond motifs is 1. The van der Waals surface area contributed by atoms with Gasteiger partial charge in [0.1, 0.15) is 16.4 Å². The summed E-state index contributed by atoms with van der Waals surface area (Å²) in [5, 5.41) is 3.27. The number of pyridine rings is 1. The number of hydrogen-bond acceptors (Lipinski definition) is 4. The lowest BCUT2D eigenvalue weighted by atomic mass is 10.2. The number of nitrogens with one attached hydrogen (secondary N) is 1. The van der Waals surface area contributed by atoms with Crippen molar-refractivity contribution in [2.24, 2.45) is 0 Å². The first-order valence-electron chi connectivity index (χ1n) is 7.14. The fourth-order valence-electron chi connectivity index (χ4n) is 1.94. The molecule has 0 aliphatic rings. The molecule has 0 aromatic carbocycles. The number of allylic oxidation sites excluding steroid dienone is 3. The maximum absolute atomic E-state index is 4.42. The molecule has 2 rings (SSSR count). The number of aromatic nitrogens is 3. The summed E-state index contributed by atoms with van der Waals surface area (Å²) in [5.74, 6) is 0.710. The van der Waals surface area contributed by atoms with Crippen LogP contribution in [0.5, 0.6) is 0 Å². The molecule has 5 heteroatoms. The third-order valence-corrected chi connectivity index (χ3v) is 3.48. The van der Waals surface area contributed by atoms with Gasteiger partial charge in [-0.2, -0.15) is 0 Å². The fraction of sp³-hybridized carbons (Fsp3) is 0.235. The van der Waals surface area contributed by atoms with Gasteiger partial charge in [-0.3, -0.25) is 0 Å². The Morgan fingerprint density at radius 1 is 1.32 bits per heavy atom. The molecule has 0 atom stereocenters. The molecule has 0 amide bonds. The summed E-state index contributed by atoms with van der Waals surface area (Å²) in [6, 6.07) is 3.77. The Kier molecular flexibility index (Phi) is 5.83. The van der Waals surface area contributed by atoms with Crippen molar-refractivity contribution in [2.45, 2.75) is 20.3 Å². The van der Waals surface area contributed by atoms with Crippen LogP contribution in [0.2, 0.25) is 0 Å². The second kappa shape index (κ2) is 7.84. The van der Waals surface area contributed by atoms with E-state index in [2.05, 4.69) is 68.8 Å². The van der Waals surface area contributed by atoms with Crippen LogP contribution >= 0.6 is 15.9 Å². The molecule has 0 aliphatic heterocycles. The zero-order chi connectivity index (χ0) is 15.9. The van der Waals surface area contributed by atoms with Gasteiger partial charge in [-0.25, -0.2) is 15.0 Å². The van der Waals surface area contributed by atoms with Crippen molar-refractivity contribution in [3.05, 3.63) is 59.0 Å². The van der Waals surface area contributed by atoms with E-state index >= 15 is 0 Å². The Labute approximate surface area is 139 Å². The molecule has 0 radical (unpaired) electrons. The average Bonchev–Trinajstić information content (AvgIpc) is 2.51. The van der Waals surface area contributed by atoms with Gasteiger partial charge in [0.05, 0.1) is 5.52 Å². The minimum Gasteiger partial charge on any atom is -0.364 e. The van der Waals surface area contributed by atoms with Gasteiger partial charge in [0.2, 0.25) is 0 Å². The SMILES string of the molecule is C=C(/C=C\C(C)=C\CC)CNc1ncnc2ccc(Br)nc12. The van der Waals surface area contributed by atoms with Crippen LogP contribution in [0.1, 0.15) is 20.3 Å². The summed E-state index contributed by atoms with van der Waals surface area (Å²) >= 11 is 3.37. The van der Waals surface area contributed by atoms with Gasteiger partial charge in [0, 0.05) is 6.54 Å². The van der Waals surface area contributed by atoms with Crippen molar-refractivity contribution in [1.82, 2.24) is 15.0 Å². The first-order valence-corrected chi connectivity index (χ1v) is 7.93. The summed E-state index contributed by atoms with van der Waals surface area (Å²) in [6.45, 7) is 8.86. The summed E-state index contributed by atoms with van der Waals surface area (Å²) < 4.78 is 0.761. The minimum absolute atomic E-state index is 0.607. The van der Waals surface area contributed by atoms with E-state index in [1.165, 1.54) is 11.9 Å². The summed E-state index contributed by atoms with van der Waals surface area (Å²) in [5.41, 5.74) is 3.77. The monoisotopic (exact) mass is 358 g/mol. The number of rotatable bonds is 6. The third-order valence-electron chi connectivity index (χ3n) is 3.04. The molecule has 0 fully saturated rings. The van der Waals surface area contributed by atoms with Crippen molar-refractivity contribution in [1.29, 1.82) is 0 Å². The highest BCUT2D eigenvalue weighted by atomic mass is 79.9. The third kappa shape index (κ3) is 4.49. The van der Waals surface area contributed by atoms with Crippen molar-refractivity contribution in [3.63, 3.8) is 0 Å². The van der Waals surface area contributed by atoms with Gasteiger partial charge >= 0.3 is 0 Å². The highest BCUT2D eigenvalue weighted by Crippen LogP contribution is 2.19. The van der Waals surface area contributed by atoms with Gasteiger partial charge in [0.25, 0.3) is 0 Å². The molecule has 0 bridgehead atoms. The highest BCUT2D eigenvalue weighted by molar-refractivity contribution is 9.10. The van der Waals surface area contributed by atoms with E-state index in [1.807, 2.05) is 18.2 Å². The largest absolute Gasteiger partial charge is 0.364 e. The van der Waals surface area contributed by atoms with E-state index in [0.29, 0.717) is 12.4 Å². The standard InChI is InChI=1S/C17H19BrN4/c1-4-5-12(2)6-7-13(3)10-19-17-16-14(20-11-21-17)8-9-15(18)22-16/h5-9,11H,3-4,10H2,1-2H3,(H,19,20,21)/b7-6-,12-5+. The van der Waals surface area contributed by atoms with Crippen LogP contribution in [0, 0.1) is 0 Å². The maximum Gasteiger partial charge on any atom is 0.156 e. The molecule has 0 spiro atoms. The second-order valence-corrected chi connectivity index (χ2v) is 5.74. The quantitative estimate of drug-likeness (QED) is 0.602. The normalized spacial score (nSPS) is 12.0. The van der Waals surface area contributed by atoms with Gasteiger partial charge in [-0.05, 0) is 47.0 Å². The lowest BCUT2D eigenvalue weighted by molar-refractivity contribution is 1.14. The van der Waals surface area contributed by atoms with Crippen molar-refractivity contribution in [3.8, 4) is 0 Å². The lowest BCUT2D eigenvalue weighted by Crippen LogP contribution is -2.06. The van der Waals surface area contributed by atoms with Crippen molar-refractivity contribution >= 4 is 32.8 Å². The first-order chi connectivity index (χ1) is 10.6. The van der Waals surface area contributed by atoms with Crippen LogP contribution < -0.4 is 5.32 Å². The topological polar surface area (TPSA) is 50.7 Å². The van der Waals surface area contributed by atoms with Crippen molar-refractivity contribution in [2.75, 3.05) is 11.9 Å². The molecule has 0 saturated carbocycles. The maximum atomic E-state index is 4.42. The molecule has 0 unspecified atom stereocenters. The molecule has 1 N–H and O–H groups in total. The van der Waals surface area contributed by atoms with Crippen LogP contribution in [-0.2, 0) is 0 Å². The molecule has 2 heterocycles. The summed E-state index contributed by atoms with van der Waals surface area (Å²) in [4.78, 5) is 12.9. The molecule has 4 nitrogen and oxygen atoms in total. The van der Waals surface area contributed by atoms with Gasteiger partial charge < -0.3 is 5.32 Å². The number of hydrogen-bond donors (Lipinski definition) is 1. The predicted molar refractivity (Wildman–Crippen MR) is 95.9 cm³/mol. The first kappa shape index (κ1) is 16.4. The van der Waals surface area contributed by atoms with Crippen LogP contribution in [0.4, 0.5) is 5.82 Å². The zero-order valence-electron chi connectivity index (χ0n) is 12.8. The molecule has 22 heavy (non-hydrogen) atoms. The Balaban J connectivity index is 2.07. The van der Waals surface area contributed by atoms with Crippen LogP contribution in [-0.4, -0.2) is 21.5 Å². The lowest BCUT2D eigenvalue weighted by Gasteiger charge is -2.07. The Bertz CT molecular complexity index is 735. The highest BCUT2D eigenvalue weighted by Gasteiger charge is 2.05. The molecule has 114 valence electrons. The number of nitrogens with zero attached hydrogens (tertiary/aromatic N) is 3. The van der Waals surface area contributed by atoms with Gasteiger partial charge in [-0.15, -0.1) is 0 Å². The van der Waals surface area contributed by atoms with E-state index in [1.54, 1.807) is 0 Å².